The summed E-state index contributed by atoms with van der Waals surface area (Å²) in [6.45, 7) is 0.861. The van der Waals surface area contributed by atoms with E-state index < -0.39 is 0 Å². The van der Waals surface area contributed by atoms with E-state index in [0.29, 0.717) is 6.42 Å². The Balaban J connectivity index is 2.11. The fourth-order valence-corrected chi connectivity index (χ4v) is 1.63. The average Bonchev–Trinajstić information content (AvgIpc) is 2.62. The molecule has 0 aliphatic heterocycles. The van der Waals surface area contributed by atoms with Crippen molar-refractivity contribution in [1.82, 2.24) is 9.55 Å². The number of hydrogen-bond donors (Lipinski definition) is 2. The maximum atomic E-state index is 7.14. The number of aromatic nitrogens is 2. The predicted molar refractivity (Wildman–Crippen MR) is 60.9 cm³/mol. The van der Waals surface area contributed by atoms with E-state index in [0.717, 1.165) is 24.0 Å². The Kier molecular flexibility index (Phi) is 2.67. The summed E-state index contributed by atoms with van der Waals surface area (Å²) in [4.78, 5) is 4.29. The van der Waals surface area contributed by atoms with Gasteiger partial charge in [-0.05, 0) is 18.6 Å². The second-order valence-electron chi connectivity index (χ2n) is 3.56. The van der Waals surface area contributed by atoms with Crippen LogP contribution in [0.15, 0.2) is 30.6 Å². The van der Waals surface area contributed by atoms with Crippen molar-refractivity contribution in [3.8, 4) is 0 Å². The average molecular weight is 202 g/mol. The van der Waals surface area contributed by atoms with Gasteiger partial charge < -0.3 is 10.3 Å². The van der Waals surface area contributed by atoms with Crippen LogP contribution in [0.4, 0.5) is 0 Å². The first-order valence-electron chi connectivity index (χ1n) is 5.00. The molecule has 0 saturated carbocycles. The number of nitrogens with one attached hydrogen (secondary N) is 1. The molecule has 2 rings (SSSR count). The van der Waals surface area contributed by atoms with Crippen molar-refractivity contribution in [2.75, 3.05) is 0 Å². The molecule has 0 unspecified atom stereocenters. The van der Waals surface area contributed by atoms with Gasteiger partial charge in [0.25, 0.3) is 0 Å². The zero-order valence-electron chi connectivity index (χ0n) is 8.48. The van der Waals surface area contributed by atoms with Crippen LogP contribution in [0.2, 0.25) is 0 Å². The molecular formula is C11H14N4. The van der Waals surface area contributed by atoms with Gasteiger partial charge in [0.2, 0.25) is 0 Å². The molecule has 0 spiro atoms. The number of hydrogen-bond acceptors (Lipinski definition) is 2. The fraction of sp³-hybridized carbons (Fsp3) is 0.273. The molecule has 0 atom stereocenters. The van der Waals surface area contributed by atoms with Gasteiger partial charge in [-0.3, -0.25) is 5.41 Å². The van der Waals surface area contributed by atoms with Crippen LogP contribution in [-0.2, 0) is 6.54 Å². The van der Waals surface area contributed by atoms with Crippen molar-refractivity contribution in [3.05, 3.63) is 30.6 Å². The van der Waals surface area contributed by atoms with Crippen LogP contribution in [0.3, 0.4) is 0 Å². The molecule has 0 aliphatic rings. The van der Waals surface area contributed by atoms with Gasteiger partial charge >= 0.3 is 0 Å². The Morgan fingerprint density at radius 2 is 2.20 bits per heavy atom. The van der Waals surface area contributed by atoms with Crippen molar-refractivity contribution < 1.29 is 0 Å². The van der Waals surface area contributed by atoms with Crippen LogP contribution in [0.25, 0.3) is 11.0 Å². The quantitative estimate of drug-likeness (QED) is 0.586. The summed E-state index contributed by atoms with van der Waals surface area (Å²) in [5.41, 5.74) is 7.46. The van der Waals surface area contributed by atoms with Crippen LogP contribution in [0, 0.1) is 5.41 Å². The highest BCUT2D eigenvalue weighted by Crippen LogP contribution is 2.12. The Morgan fingerprint density at radius 1 is 1.40 bits per heavy atom. The number of imidazole rings is 1. The summed E-state index contributed by atoms with van der Waals surface area (Å²) in [6, 6.07) is 8.04. The Hall–Kier alpha value is -1.84. The van der Waals surface area contributed by atoms with Crippen LogP contribution < -0.4 is 5.73 Å². The van der Waals surface area contributed by atoms with E-state index >= 15 is 0 Å². The monoisotopic (exact) mass is 202 g/mol. The van der Waals surface area contributed by atoms with Gasteiger partial charge in [0.1, 0.15) is 0 Å². The lowest BCUT2D eigenvalue weighted by atomic mass is 10.3. The molecule has 0 bridgehead atoms. The molecule has 4 nitrogen and oxygen atoms in total. The number of nitrogens with zero attached hydrogens (tertiary/aromatic N) is 2. The molecule has 1 aromatic carbocycles. The SMILES string of the molecule is N=C(N)CCCn1cnc2ccccc21. The zero-order valence-corrected chi connectivity index (χ0v) is 8.48. The molecule has 78 valence electrons. The van der Waals surface area contributed by atoms with E-state index in [1.54, 1.807) is 0 Å². The number of amidine groups is 1. The molecule has 0 saturated heterocycles. The van der Waals surface area contributed by atoms with Gasteiger partial charge in [0.05, 0.1) is 23.2 Å². The molecule has 0 aliphatic carbocycles. The van der Waals surface area contributed by atoms with Crippen molar-refractivity contribution in [3.63, 3.8) is 0 Å². The van der Waals surface area contributed by atoms with E-state index in [9.17, 15) is 0 Å². The number of fused-ring (bicyclic) bond motifs is 1. The molecule has 0 radical (unpaired) electrons. The summed E-state index contributed by atoms with van der Waals surface area (Å²) in [5.74, 6) is 0.249. The van der Waals surface area contributed by atoms with Gasteiger partial charge in [0.15, 0.2) is 0 Å². The molecule has 4 heteroatoms. The number of aryl methyl sites for hydroxylation is 1. The lowest BCUT2D eigenvalue weighted by molar-refractivity contribution is 0.673. The minimum absolute atomic E-state index is 0.249. The van der Waals surface area contributed by atoms with Crippen LogP contribution in [-0.4, -0.2) is 15.4 Å². The molecular weight excluding hydrogens is 188 g/mol. The van der Waals surface area contributed by atoms with E-state index in [1.165, 1.54) is 0 Å². The molecule has 15 heavy (non-hydrogen) atoms. The topological polar surface area (TPSA) is 67.7 Å². The van der Waals surface area contributed by atoms with E-state index in [4.69, 9.17) is 11.1 Å². The van der Waals surface area contributed by atoms with Crippen molar-refractivity contribution >= 4 is 16.9 Å². The summed E-state index contributed by atoms with van der Waals surface area (Å²) in [7, 11) is 0. The zero-order chi connectivity index (χ0) is 10.7. The fourth-order valence-electron chi connectivity index (χ4n) is 1.63. The van der Waals surface area contributed by atoms with Crippen LogP contribution >= 0.6 is 0 Å². The van der Waals surface area contributed by atoms with E-state index in [2.05, 4.69) is 15.6 Å². The highest BCUT2D eigenvalue weighted by atomic mass is 15.0. The second kappa shape index (κ2) is 4.13. The number of rotatable bonds is 4. The molecule has 0 fully saturated rings. The van der Waals surface area contributed by atoms with Gasteiger partial charge in [-0.25, -0.2) is 4.98 Å². The maximum absolute atomic E-state index is 7.14. The van der Waals surface area contributed by atoms with Gasteiger partial charge in [-0.15, -0.1) is 0 Å². The Bertz CT molecular complexity index is 472. The van der Waals surface area contributed by atoms with Gasteiger partial charge in [0, 0.05) is 13.0 Å². The Morgan fingerprint density at radius 3 is 3.00 bits per heavy atom. The molecule has 1 heterocycles. The lowest BCUT2D eigenvalue weighted by Gasteiger charge is -2.02. The summed E-state index contributed by atoms with van der Waals surface area (Å²) in [5, 5.41) is 7.14. The highest BCUT2D eigenvalue weighted by Gasteiger charge is 2.00. The van der Waals surface area contributed by atoms with Gasteiger partial charge in [-0.1, -0.05) is 12.1 Å². The first kappa shape index (κ1) is 9.71. The Labute approximate surface area is 88.2 Å². The normalized spacial score (nSPS) is 10.7. The third-order valence-corrected chi connectivity index (χ3v) is 2.37. The van der Waals surface area contributed by atoms with Crippen LogP contribution in [0.1, 0.15) is 12.8 Å². The third-order valence-electron chi connectivity index (χ3n) is 2.37. The smallest absolute Gasteiger partial charge is 0.0958 e. The molecule has 1 aromatic heterocycles. The van der Waals surface area contributed by atoms with Crippen molar-refractivity contribution in [1.29, 1.82) is 5.41 Å². The largest absolute Gasteiger partial charge is 0.388 e. The number of para-hydroxylation sites is 2. The second-order valence-corrected chi connectivity index (χ2v) is 3.56. The first-order chi connectivity index (χ1) is 7.27. The molecule has 3 N–H and O–H groups in total. The minimum Gasteiger partial charge on any atom is -0.388 e. The van der Waals surface area contributed by atoms with E-state index in [-0.39, 0.29) is 5.84 Å². The van der Waals surface area contributed by atoms with Crippen molar-refractivity contribution in [2.45, 2.75) is 19.4 Å². The maximum Gasteiger partial charge on any atom is 0.0958 e. The lowest BCUT2D eigenvalue weighted by Crippen LogP contribution is -2.10. The van der Waals surface area contributed by atoms with Crippen LogP contribution in [0.5, 0.6) is 0 Å². The number of nitrogens with two attached hydrogens (primary N) is 1. The third kappa shape index (κ3) is 2.15. The summed E-state index contributed by atoms with van der Waals surface area (Å²) in [6.07, 6.45) is 3.37. The summed E-state index contributed by atoms with van der Waals surface area (Å²) < 4.78 is 2.10. The van der Waals surface area contributed by atoms with Gasteiger partial charge in [-0.2, -0.15) is 0 Å². The summed E-state index contributed by atoms with van der Waals surface area (Å²) >= 11 is 0. The highest BCUT2D eigenvalue weighted by molar-refractivity contribution is 5.77. The minimum atomic E-state index is 0.249. The number of benzene rings is 1. The van der Waals surface area contributed by atoms with E-state index in [1.807, 2.05) is 24.5 Å². The predicted octanol–water partition coefficient (Wildman–Crippen LogP) is 1.75. The molecule has 2 aromatic rings. The standard InChI is InChI=1S/C11H14N4/c12-11(13)6-3-7-15-8-14-9-4-1-2-5-10(9)15/h1-2,4-5,8H,3,6-7H2,(H3,12,13). The molecule has 0 amide bonds. The van der Waals surface area contributed by atoms with Crippen molar-refractivity contribution in [2.24, 2.45) is 5.73 Å². The first-order valence-corrected chi connectivity index (χ1v) is 5.00.